The Labute approximate surface area is 196 Å². The van der Waals surface area contributed by atoms with E-state index < -0.39 is 5.97 Å². The van der Waals surface area contributed by atoms with E-state index in [2.05, 4.69) is 16.5 Å². The number of amides is 1. The molecule has 4 rings (SSSR count). The van der Waals surface area contributed by atoms with Gasteiger partial charge in [0.15, 0.2) is 0 Å². The van der Waals surface area contributed by atoms with Crippen LogP contribution in [0.1, 0.15) is 34.5 Å². The van der Waals surface area contributed by atoms with Gasteiger partial charge >= 0.3 is 5.97 Å². The number of nitriles is 1. The van der Waals surface area contributed by atoms with Gasteiger partial charge in [-0.2, -0.15) is 10.4 Å². The minimum atomic E-state index is -0.775. The molecule has 168 valence electrons. The maximum Gasteiger partial charge on any atom is 0.306 e. The van der Waals surface area contributed by atoms with E-state index in [1.807, 2.05) is 17.0 Å². The molecule has 1 aromatic heterocycles. The third-order valence-electron chi connectivity index (χ3n) is 5.89. The van der Waals surface area contributed by atoms with E-state index in [1.165, 1.54) is 6.20 Å². The lowest BCUT2D eigenvalue weighted by atomic mass is 9.96. The SMILES string of the molecule is Cc1c(C(=O)Nc2ccc(N3CCC(C(=O)O)CC3)c(C#N)c2)cnn1-c1ccc(Cl)cc1. The Balaban J connectivity index is 1.50. The Hall–Kier alpha value is -3.83. The number of aliphatic carboxylic acids is 1. The fraction of sp³-hybridized carbons (Fsp3) is 0.250. The number of benzene rings is 2. The van der Waals surface area contributed by atoms with Crippen LogP contribution in [0.15, 0.2) is 48.7 Å². The molecule has 8 nitrogen and oxygen atoms in total. The Morgan fingerprint density at radius 1 is 1.18 bits per heavy atom. The lowest BCUT2D eigenvalue weighted by molar-refractivity contribution is -0.142. The third-order valence-corrected chi connectivity index (χ3v) is 6.14. The molecule has 3 aromatic rings. The maximum atomic E-state index is 12.9. The monoisotopic (exact) mass is 463 g/mol. The molecular formula is C24H22ClN5O3. The van der Waals surface area contributed by atoms with Crippen LogP contribution < -0.4 is 10.2 Å². The van der Waals surface area contributed by atoms with Crippen molar-refractivity contribution in [2.24, 2.45) is 5.92 Å². The fourth-order valence-corrected chi connectivity index (χ4v) is 4.15. The Morgan fingerprint density at radius 2 is 1.88 bits per heavy atom. The van der Waals surface area contributed by atoms with Gasteiger partial charge in [0.1, 0.15) is 6.07 Å². The number of carboxylic acid groups (broad SMARTS) is 1. The number of carboxylic acids is 1. The molecule has 9 heteroatoms. The minimum Gasteiger partial charge on any atom is -0.481 e. The highest BCUT2D eigenvalue weighted by Gasteiger charge is 2.26. The molecule has 0 bridgehead atoms. The smallest absolute Gasteiger partial charge is 0.306 e. The molecule has 33 heavy (non-hydrogen) atoms. The largest absolute Gasteiger partial charge is 0.481 e. The molecule has 1 aliphatic rings. The second kappa shape index (κ2) is 9.35. The van der Waals surface area contributed by atoms with Gasteiger partial charge in [-0.3, -0.25) is 9.59 Å². The standard InChI is InChI=1S/C24H22ClN5O3/c1-15-21(14-27-30(15)20-5-2-18(25)3-6-20)23(31)28-19-4-7-22(17(12-19)13-26)29-10-8-16(9-11-29)24(32)33/h2-7,12,14,16H,8-11H2,1H3,(H,28,31)(H,32,33). The van der Waals surface area contributed by atoms with Crippen molar-refractivity contribution in [3.05, 3.63) is 70.5 Å². The van der Waals surface area contributed by atoms with E-state index >= 15 is 0 Å². The number of nitrogens with zero attached hydrogens (tertiary/aromatic N) is 4. The van der Waals surface area contributed by atoms with Crippen LogP contribution >= 0.6 is 11.6 Å². The van der Waals surface area contributed by atoms with E-state index in [0.717, 1.165) is 11.4 Å². The quantitative estimate of drug-likeness (QED) is 0.584. The number of hydrogen-bond donors (Lipinski definition) is 2. The molecule has 0 spiro atoms. The summed E-state index contributed by atoms with van der Waals surface area (Å²) in [5.41, 5.74) is 3.55. The van der Waals surface area contributed by atoms with Gasteiger partial charge < -0.3 is 15.3 Å². The molecule has 1 amide bonds. The number of nitrogens with one attached hydrogen (secondary N) is 1. The maximum absolute atomic E-state index is 12.9. The van der Waals surface area contributed by atoms with Crippen molar-refractivity contribution in [3.63, 3.8) is 0 Å². The van der Waals surface area contributed by atoms with E-state index in [0.29, 0.717) is 53.5 Å². The predicted molar refractivity (Wildman–Crippen MR) is 125 cm³/mol. The fourth-order valence-electron chi connectivity index (χ4n) is 4.02. The highest BCUT2D eigenvalue weighted by molar-refractivity contribution is 6.30. The number of carbonyl (C=O) groups is 2. The van der Waals surface area contributed by atoms with Crippen LogP contribution in [-0.2, 0) is 4.79 Å². The van der Waals surface area contributed by atoms with E-state index in [4.69, 9.17) is 11.6 Å². The predicted octanol–water partition coefficient (Wildman–Crippen LogP) is 4.26. The van der Waals surface area contributed by atoms with Crippen molar-refractivity contribution in [1.82, 2.24) is 9.78 Å². The summed E-state index contributed by atoms with van der Waals surface area (Å²) in [5, 5.41) is 26.6. The first-order chi connectivity index (χ1) is 15.9. The summed E-state index contributed by atoms with van der Waals surface area (Å²) in [7, 11) is 0. The van der Waals surface area contributed by atoms with Gasteiger partial charge in [-0.25, -0.2) is 4.68 Å². The van der Waals surface area contributed by atoms with Crippen molar-refractivity contribution in [3.8, 4) is 11.8 Å². The topological polar surface area (TPSA) is 111 Å². The number of piperidine rings is 1. The van der Waals surface area contributed by atoms with Crippen LogP contribution in [0.3, 0.4) is 0 Å². The van der Waals surface area contributed by atoms with Crippen LogP contribution in [0, 0.1) is 24.2 Å². The summed E-state index contributed by atoms with van der Waals surface area (Å²) in [6, 6.07) is 14.5. The van der Waals surface area contributed by atoms with Crippen LogP contribution in [0.25, 0.3) is 5.69 Å². The second-order valence-corrected chi connectivity index (χ2v) is 8.37. The van der Waals surface area contributed by atoms with Crippen molar-refractivity contribution >= 4 is 34.9 Å². The zero-order valence-corrected chi connectivity index (χ0v) is 18.7. The average Bonchev–Trinajstić information content (AvgIpc) is 3.21. The number of aromatic nitrogens is 2. The lowest BCUT2D eigenvalue weighted by Crippen LogP contribution is -2.36. The Kier molecular flexibility index (Phi) is 6.33. The van der Waals surface area contributed by atoms with Crippen LogP contribution in [-0.4, -0.2) is 39.9 Å². The summed E-state index contributed by atoms with van der Waals surface area (Å²) in [6.07, 6.45) is 2.58. The zero-order valence-electron chi connectivity index (χ0n) is 18.0. The molecule has 0 unspecified atom stereocenters. The van der Waals surface area contributed by atoms with Crippen LogP contribution in [0.5, 0.6) is 0 Å². The number of carbonyl (C=O) groups excluding carboxylic acids is 1. The number of hydrogen-bond acceptors (Lipinski definition) is 5. The van der Waals surface area contributed by atoms with Crippen LogP contribution in [0.2, 0.25) is 5.02 Å². The lowest BCUT2D eigenvalue weighted by Gasteiger charge is -2.32. The van der Waals surface area contributed by atoms with E-state index in [1.54, 1.807) is 41.9 Å². The molecule has 0 aliphatic carbocycles. The first-order valence-electron chi connectivity index (χ1n) is 10.5. The first-order valence-corrected chi connectivity index (χ1v) is 10.9. The van der Waals surface area contributed by atoms with Gasteiger partial charge in [-0.15, -0.1) is 0 Å². The van der Waals surface area contributed by atoms with Crippen molar-refractivity contribution in [1.29, 1.82) is 5.26 Å². The van der Waals surface area contributed by atoms with Gasteiger partial charge in [0.05, 0.1) is 40.3 Å². The summed E-state index contributed by atoms with van der Waals surface area (Å²) < 4.78 is 1.66. The van der Waals surface area contributed by atoms with Crippen molar-refractivity contribution in [2.75, 3.05) is 23.3 Å². The number of rotatable bonds is 5. The molecule has 2 aromatic carbocycles. The van der Waals surface area contributed by atoms with Gasteiger partial charge in [0, 0.05) is 23.8 Å². The average molecular weight is 464 g/mol. The first kappa shape index (κ1) is 22.4. The minimum absolute atomic E-state index is 0.327. The summed E-state index contributed by atoms with van der Waals surface area (Å²) >= 11 is 5.95. The summed E-state index contributed by atoms with van der Waals surface area (Å²) in [5.74, 6) is -1.45. The summed E-state index contributed by atoms with van der Waals surface area (Å²) in [4.78, 5) is 26.1. The van der Waals surface area contributed by atoms with Gasteiger partial charge in [0.2, 0.25) is 0 Å². The molecule has 2 heterocycles. The van der Waals surface area contributed by atoms with E-state index in [-0.39, 0.29) is 11.8 Å². The van der Waals surface area contributed by atoms with Gasteiger partial charge in [-0.1, -0.05) is 11.6 Å². The Bertz CT molecular complexity index is 1240. The highest BCUT2D eigenvalue weighted by atomic mass is 35.5. The second-order valence-electron chi connectivity index (χ2n) is 7.93. The zero-order chi connectivity index (χ0) is 23.5. The van der Waals surface area contributed by atoms with Crippen LogP contribution in [0.4, 0.5) is 11.4 Å². The molecule has 1 saturated heterocycles. The van der Waals surface area contributed by atoms with Gasteiger partial charge in [0.25, 0.3) is 5.91 Å². The Morgan fingerprint density at radius 3 is 2.52 bits per heavy atom. The number of anilines is 2. The summed E-state index contributed by atoms with van der Waals surface area (Å²) in [6.45, 7) is 2.95. The van der Waals surface area contributed by atoms with Crippen molar-refractivity contribution in [2.45, 2.75) is 19.8 Å². The third kappa shape index (κ3) is 4.69. The number of halogens is 1. The molecule has 0 radical (unpaired) electrons. The highest BCUT2D eigenvalue weighted by Crippen LogP contribution is 2.29. The molecule has 2 N–H and O–H groups in total. The van der Waals surface area contributed by atoms with Crippen molar-refractivity contribution < 1.29 is 14.7 Å². The van der Waals surface area contributed by atoms with Gasteiger partial charge in [-0.05, 0) is 62.2 Å². The molecule has 0 saturated carbocycles. The van der Waals surface area contributed by atoms with E-state index in [9.17, 15) is 20.0 Å². The molecule has 1 fully saturated rings. The molecule has 0 atom stereocenters. The molecular weight excluding hydrogens is 442 g/mol. The molecule has 1 aliphatic heterocycles. The normalized spacial score (nSPS) is 14.0.